The van der Waals surface area contributed by atoms with Gasteiger partial charge in [0, 0.05) is 25.2 Å². The van der Waals surface area contributed by atoms with Crippen LogP contribution < -0.4 is 19.7 Å². The monoisotopic (exact) mass is 593 g/mol. The Morgan fingerprint density at radius 1 is 1.00 bits per heavy atom. The number of ether oxygens (including phenoxy) is 1. The van der Waals surface area contributed by atoms with Crippen molar-refractivity contribution < 1.29 is 23.7 Å². The zero-order valence-corrected chi connectivity index (χ0v) is 25.1. The van der Waals surface area contributed by atoms with Crippen molar-refractivity contribution in [1.29, 1.82) is 0 Å². The lowest BCUT2D eigenvalue weighted by molar-refractivity contribution is 0.0830. The van der Waals surface area contributed by atoms with Crippen LogP contribution in [0.25, 0.3) is 0 Å². The van der Waals surface area contributed by atoms with E-state index < -0.39 is 22.9 Å². The van der Waals surface area contributed by atoms with Crippen molar-refractivity contribution in [1.82, 2.24) is 10.6 Å². The first-order valence-electron chi connectivity index (χ1n) is 14.9. The molecule has 2 aliphatic rings. The molecule has 9 heteroatoms. The molecule has 1 aliphatic heterocycles. The molecular weight excluding hydrogens is 550 g/mol. The van der Waals surface area contributed by atoms with Crippen LogP contribution in [0.15, 0.2) is 72.8 Å². The van der Waals surface area contributed by atoms with E-state index in [0.717, 1.165) is 48.1 Å². The summed E-state index contributed by atoms with van der Waals surface area (Å²) in [5.41, 5.74) is 4.28. The van der Waals surface area contributed by atoms with E-state index >= 15 is 0 Å². The zero-order valence-electron chi connectivity index (χ0n) is 24.2. The largest absolute Gasteiger partial charge is 0.497 e. The first kappa shape index (κ1) is 30.4. The molecule has 2 atom stereocenters. The van der Waals surface area contributed by atoms with Gasteiger partial charge in [-0.3, -0.25) is 18.2 Å². The molecule has 2 fully saturated rings. The van der Waals surface area contributed by atoms with Crippen LogP contribution in [0.3, 0.4) is 0 Å². The SMILES string of the molecule is COc1cccc(CNC[C@H](O)[C@H](Cc2ccccc2)NC(=O)c2cc(C3CCCC3)cc(N3CCCS3(O)O)c2)c1. The second-order valence-electron chi connectivity index (χ2n) is 11.4. The summed E-state index contributed by atoms with van der Waals surface area (Å²) in [5, 5.41) is 17.7. The number of aliphatic hydroxyl groups is 1. The highest BCUT2D eigenvalue weighted by atomic mass is 32.3. The summed E-state index contributed by atoms with van der Waals surface area (Å²) < 4.78 is 28.4. The second kappa shape index (κ2) is 13.9. The number of carbonyl (C=O) groups is 1. The highest BCUT2D eigenvalue weighted by molar-refractivity contribution is 8.25. The number of carbonyl (C=O) groups excluding carboxylic acids is 1. The molecule has 0 radical (unpaired) electrons. The summed E-state index contributed by atoms with van der Waals surface area (Å²) in [6.45, 7) is 1.39. The quantitative estimate of drug-likeness (QED) is 0.183. The van der Waals surface area contributed by atoms with Crippen molar-refractivity contribution in [2.24, 2.45) is 0 Å². The third-order valence-corrected chi connectivity index (χ3v) is 10.3. The maximum Gasteiger partial charge on any atom is 0.251 e. The molecule has 1 heterocycles. The molecule has 1 amide bonds. The molecule has 42 heavy (non-hydrogen) atoms. The van der Waals surface area contributed by atoms with E-state index in [1.54, 1.807) is 17.5 Å². The standard InChI is InChI=1S/C33H43N3O5S/c1-41-30-14-7-11-25(17-30)22-34-23-32(37)31(18-24-9-3-2-4-10-24)35-33(38)28-19-27(26-12-5-6-13-26)20-29(21-28)36-15-8-16-42(36,39)40/h2-4,7,9-11,14,17,19-21,26,31-32,34,37,39-40H,5-6,8,12-13,15-16,18,22-23H2,1H3,(H,35,38)/t31-,32-/m0/s1. The lowest BCUT2D eigenvalue weighted by Crippen LogP contribution is -2.48. The molecule has 0 bridgehead atoms. The molecule has 1 saturated carbocycles. The van der Waals surface area contributed by atoms with Crippen LogP contribution in [-0.4, -0.2) is 58.2 Å². The fraction of sp³-hybridized carbons (Fsp3) is 0.424. The Bertz CT molecular complexity index is 1330. The third-order valence-electron chi connectivity index (χ3n) is 8.35. The smallest absolute Gasteiger partial charge is 0.251 e. The van der Waals surface area contributed by atoms with Crippen molar-refractivity contribution in [3.05, 3.63) is 95.1 Å². The zero-order chi connectivity index (χ0) is 29.5. The summed E-state index contributed by atoms with van der Waals surface area (Å²) >= 11 is 0. The van der Waals surface area contributed by atoms with Crippen LogP contribution in [0, 0.1) is 0 Å². The maximum atomic E-state index is 13.8. The summed E-state index contributed by atoms with van der Waals surface area (Å²) in [6, 6.07) is 22.8. The average molecular weight is 594 g/mol. The second-order valence-corrected chi connectivity index (χ2v) is 13.5. The number of benzene rings is 3. The van der Waals surface area contributed by atoms with Gasteiger partial charge in [-0.05, 0) is 78.6 Å². The van der Waals surface area contributed by atoms with E-state index in [1.807, 2.05) is 66.7 Å². The van der Waals surface area contributed by atoms with Gasteiger partial charge in [-0.2, -0.15) is 0 Å². The Balaban J connectivity index is 1.35. The highest BCUT2D eigenvalue weighted by Crippen LogP contribution is 2.51. The van der Waals surface area contributed by atoms with Crippen LogP contribution in [0.4, 0.5) is 5.69 Å². The molecule has 3 aromatic carbocycles. The summed E-state index contributed by atoms with van der Waals surface area (Å²) in [4.78, 5) is 13.8. The molecular formula is C33H43N3O5S. The van der Waals surface area contributed by atoms with Gasteiger partial charge in [-0.1, -0.05) is 55.3 Å². The van der Waals surface area contributed by atoms with Crippen molar-refractivity contribution in [2.45, 2.75) is 63.1 Å². The number of methoxy groups -OCH3 is 1. The van der Waals surface area contributed by atoms with Crippen LogP contribution in [0.2, 0.25) is 0 Å². The number of hydrogen-bond acceptors (Lipinski definition) is 7. The first-order valence-corrected chi connectivity index (χ1v) is 16.5. The number of anilines is 1. The lowest BCUT2D eigenvalue weighted by Gasteiger charge is -2.38. The maximum absolute atomic E-state index is 13.8. The van der Waals surface area contributed by atoms with Gasteiger partial charge in [0.05, 0.1) is 30.7 Å². The van der Waals surface area contributed by atoms with E-state index in [2.05, 4.69) is 10.6 Å². The number of nitrogens with one attached hydrogen (secondary N) is 2. The van der Waals surface area contributed by atoms with Gasteiger partial charge in [-0.15, -0.1) is 10.8 Å². The lowest BCUT2D eigenvalue weighted by atomic mass is 9.94. The van der Waals surface area contributed by atoms with E-state index in [1.165, 1.54) is 0 Å². The van der Waals surface area contributed by atoms with Gasteiger partial charge in [0.15, 0.2) is 0 Å². The van der Waals surface area contributed by atoms with Crippen LogP contribution in [-0.2, 0) is 13.0 Å². The van der Waals surface area contributed by atoms with Gasteiger partial charge >= 0.3 is 0 Å². The Labute approximate surface area is 250 Å². The van der Waals surface area contributed by atoms with Crippen LogP contribution in [0.1, 0.15) is 65.1 Å². The van der Waals surface area contributed by atoms with Crippen molar-refractivity contribution >= 4 is 22.4 Å². The summed E-state index contributed by atoms with van der Waals surface area (Å²) in [7, 11) is -1.26. The minimum absolute atomic E-state index is 0.278. The summed E-state index contributed by atoms with van der Waals surface area (Å²) in [6.07, 6.45) is 4.77. The summed E-state index contributed by atoms with van der Waals surface area (Å²) in [5.74, 6) is 1.20. The number of hydrogen-bond donors (Lipinski definition) is 5. The predicted molar refractivity (Wildman–Crippen MR) is 169 cm³/mol. The molecule has 0 unspecified atom stereocenters. The Morgan fingerprint density at radius 3 is 2.48 bits per heavy atom. The molecule has 5 N–H and O–H groups in total. The minimum atomic E-state index is -2.89. The van der Waals surface area contributed by atoms with E-state index in [-0.39, 0.29) is 12.5 Å². The van der Waals surface area contributed by atoms with E-state index in [4.69, 9.17) is 4.74 Å². The predicted octanol–water partition coefficient (Wildman–Crippen LogP) is 5.72. The van der Waals surface area contributed by atoms with Gasteiger partial charge in [-0.25, -0.2) is 0 Å². The molecule has 1 saturated heterocycles. The van der Waals surface area contributed by atoms with Crippen molar-refractivity contribution in [3.63, 3.8) is 0 Å². The number of nitrogens with zero attached hydrogens (tertiary/aromatic N) is 1. The average Bonchev–Trinajstić information content (AvgIpc) is 3.67. The first-order chi connectivity index (χ1) is 20.3. The minimum Gasteiger partial charge on any atom is -0.497 e. The van der Waals surface area contributed by atoms with Gasteiger partial charge in [0.25, 0.3) is 5.91 Å². The molecule has 0 aromatic heterocycles. The van der Waals surface area contributed by atoms with Crippen LogP contribution in [0.5, 0.6) is 5.75 Å². The number of aliphatic hydroxyl groups excluding tert-OH is 1. The van der Waals surface area contributed by atoms with Crippen molar-refractivity contribution in [3.8, 4) is 5.75 Å². The Morgan fingerprint density at radius 2 is 1.76 bits per heavy atom. The molecule has 8 nitrogen and oxygen atoms in total. The topological polar surface area (TPSA) is 114 Å². The van der Waals surface area contributed by atoms with Gasteiger partial charge < -0.3 is 20.5 Å². The molecule has 1 aliphatic carbocycles. The van der Waals surface area contributed by atoms with Gasteiger partial charge in [0.2, 0.25) is 0 Å². The Hall–Kier alpha value is -3.08. The van der Waals surface area contributed by atoms with E-state index in [0.29, 0.717) is 48.9 Å². The van der Waals surface area contributed by atoms with Crippen LogP contribution >= 0.6 is 10.8 Å². The number of rotatable bonds is 12. The number of amides is 1. The normalized spacial score (nSPS) is 18.9. The van der Waals surface area contributed by atoms with Gasteiger partial charge in [0.1, 0.15) is 5.75 Å². The molecule has 0 spiro atoms. The van der Waals surface area contributed by atoms with Crippen molar-refractivity contribution in [2.75, 3.05) is 30.3 Å². The fourth-order valence-electron chi connectivity index (χ4n) is 6.05. The Kier molecular flexibility index (Phi) is 10.1. The molecule has 5 rings (SSSR count). The fourth-order valence-corrected chi connectivity index (χ4v) is 7.65. The third kappa shape index (κ3) is 7.65. The highest BCUT2D eigenvalue weighted by Gasteiger charge is 2.31. The molecule has 3 aromatic rings. The van der Waals surface area contributed by atoms with E-state index in [9.17, 15) is 19.0 Å². The molecule has 226 valence electrons.